The average molecular weight is 658 g/mol. The Morgan fingerprint density at radius 3 is 1.95 bits per heavy atom. The van der Waals surface area contributed by atoms with E-state index in [2.05, 4.69) is 86.7 Å². The molecule has 4 heterocycles. The summed E-state index contributed by atoms with van der Waals surface area (Å²) >= 11 is 0. The molecule has 0 saturated heterocycles. The van der Waals surface area contributed by atoms with Crippen LogP contribution in [-0.4, -0.2) is 18.8 Å². The zero-order valence-corrected chi connectivity index (χ0v) is 21.9. The molecule has 8 aromatic rings. The van der Waals surface area contributed by atoms with Crippen molar-refractivity contribution in [2.24, 2.45) is 0 Å². The van der Waals surface area contributed by atoms with E-state index < -0.39 is 0 Å². The Bertz CT molecular complexity index is 2160. The van der Waals surface area contributed by atoms with Gasteiger partial charge in [-0.15, -0.1) is 12.1 Å². The monoisotopic (exact) mass is 657 g/mol. The second-order valence-electron chi connectivity index (χ2n) is 9.06. The van der Waals surface area contributed by atoms with Crippen LogP contribution in [0.4, 0.5) is 0 Å². The molecular weight excluding hydrogens is 639 g/mol. The third-order valence-corrected chi connectivity index (χ3v) is 6.88. The van der Waals surface area contributed by atoms with Gasteiger partial charge in [0.1, 0.15) is 0 Å². The molecule has 4 aromatic carbocycles. The number of ether oxygens (including phenoxy) is 1. The molecule has 0 bridgehead atoms. The predicted molar refractivity (Wildman–Crippen MR) is 143 cm³/mol. The maximum absolute atomic E-state index is 6.31. The Morgan fingerprint density at radius 2 is 1.27 bits per heavy atom. The third-order valence-electron chi connectivity index (χ3n) is 6.88. The molecule has 0 atom stereocenters. The summed E-state index contributed by atoms with van der Waals surface area (Å²) in [7, 11) is 0. The number of aryl methyl sites for hydroxylation is 1. The minimum atomic E-state index is 0. The van der Waals surface area contributed by atoms with Crippen LogP contribution in [0.2, 0.25) is 0 Å². The van der Waals surface area contributed by atoms with Gasteiger partial charge < -0.3 is 13.5 Å². The van der Waals surface area contributed by atoms with Crippen molar-refractivity contribution in [3.05, 3.63) is 109 Å². The van der Waals surface area contributed by atoms with Gasteiger partial charge in [-0.1, -0.05) is 82.2 Å². The van der Waals surface area contributed by atoms with E-state index in [4.69, 9.17) is 9.72 Å². The number of fused-ring (bicyclic) bond motifs is 12. The van der Waals surface area contributed by atoms with E-state index in [9.17, 15) is 0 Å². The number of rotatable bonds is 2. The topological polar surface area (TPSA) is 43.8 Å². The Balaban J connectivity index is 0.00000231. The van der Waals surface area contributed by atoms with Crippen molar-refractivity contribution < 1.29 is 25.8 Å². The molecule has 0 aliphatic heterocycles. The van der Waals surface area contributed by atoms with Crippen molar-refractivity contribution in [1.29, 1.82) is 0 Å². The second-order valence-corrected chi connectivity index (χ2v) is 9.06. The maximum Gasteiger partial charge on any atom is 2.00 e. The summed E-state index contributed by atoms with van der Waals surface area (Å²) in [4.78, 5) is 9.40. The first-order valence-electron chi connectivity index (χ1n) is 11.8. The van der Waals surface area contributed by atoms with Crippen LogP contribution in [0.1, 0.15) is 5.69 Å². The van der Waals surface area contributed by atoms with E-state index in [0.29, 0.717) is 11.5 Å². The Morgan fingerprint density at radius 1 is 0.676 bits per heavy atom. The van der Waals surface area contributed by atoms with E-state index in [1.807, 2.05) is 37.5 Å². The largest absolute Gasteiger partial charge is 2.00 e. The van der Waals surface area contributed by atoms with E-state index in [0.717, 1.165) is 60.3 Å². The molecule has 0 spiro atoms. The summed E-state index contributed by atoms with van der Waals surface area (Å²) in [5.41, 5.74) is 4.94. The molecule has 0 amide bonds. The van der Waals surface area contributed by atoms with Crippen LogP contribution in [0.15, 0.2) is 91.4 Å². The summed E-state index contributed by atoms with van der Waals surface area (Å²) in [5.74, 6) is 1.24. The van der Waals surface area contributed by atoms with Gasteiger partial charge in [-0.25, -0.2) is 0 Å². The number of nitrogens with zero attached hydrogens (tertiary/aromatic N) is 4. The quantitative estimate of drug-likeness (QED) is 0.145. The van der Waals surface area contributed by atoms with E-state index in [1.54, 1.807) is 0 Å². The van der Waals surface area contributed by atoms with E-state index >= 15 is 0 Å². The van der Waals surface area contributed by atoms with Gasteiger partial charge in [0.15, 0.2) is 0 Å². The maximum atomic E-state index is 6.31. The Kier molecular flexibility index (Phi) is 4.85. The fraction of sp³-hybridized carbons (Fsp3) is 0.0323. The number of aromatic nitrogens is 4. The van der Waals surface area contributed by atoms with Gasteiger partial charge >= 0.3 is 21.1 Å². The normalized spacial score (nSPS) is 11.7. The van der Waals surface area contributed by atoms with Gasteiger partial charge in [-0.3, -0.25) is 9.97 Å². The molecule has 4 aromatic heterocycles. The summed E-state index contributed by atoms with van der Waals surface area (Å²) in [6, 6.07) is 31.8. The summed E-state index contributed by atoms with van der Waals surface area (Å²) < 4.78 is 10.5. The van der Waals surface area contributed by atoms with Crippen LogP contribution >= 0.6 is 0 Å². The Labute approximate surface area is 226 Å². The number of benzene rings is 4. The van der Waals surface area contributed by atoms with Gasteiger partial charge in [0.2, 0.25) is 0 Å². The minimum Gasteiger partial charge on any atom is -0.497 e. The molecule has 37 heavy (non-hydrogen) atoms. The number of imidazole rings is 2. The number of para-hydroxylation sites is 2. The first kappa shape index (κ1) is 22.0. The van der Waals surface area contributed by atoms with Crippen LogP contribution in [0, 0.1) is 19.1 Å². The molecule has 0 fully saturated rings. The first-order valence-corrected chi connectivity index (χ1v) is 11.8. The third kappa shape index (κ3) is 3.21. The smallest absolute Gasteiger partial charge is 0.497 e. The molecule has 0 N–H and O–H groups in total. The fourth-order valence-electron chi connectivity index (χ4n) is 5.35. The number of pyridine rings is 2. The van der Waals surface area contributed by atoms with E-state index in [-0.39, 0.29) is 21.1 Å². The summed E-state index contributed by atoms with van der Waals surface area (Å²) in [6.07, 6.45) is 5.87. The average Bonchev–Trinajstić information content (AvgIpc) is 3.56. The van der Waals surface area contributed by atoms with Crippen LogP contribution in [0.5, 0.6) is 11.5 Å². The second kappa shape index (κ2) is 8.15. The van der Waals surface area contributed by atoms with Crippen LogP contribution < -0.4 is 4.74 Å². The molecule has 6 heteroatoms. The van der Waals surface area contributed by atoms with Crippen LogP contribution in [-0.2, 0) is 21.1 Å². The van der Waals surface area contributed by atoms with E-state index in [1.165, 1.54) is 0 Å². The molecule has 0 unspecified atom stereocenters. The Hall–Kier alpha value is -4.21. The van der Waals surface area contributed by atoms with Gasteiger partial charge in [0.25, 0.3) is 0 Å². The molecule has 178 valence electrons. The molecule has 5 nitrogen and oxygen atoms in total. The molecule has 0 saturated carbocycles. The summed E-state index contributed by atoms with van der Waals surface area (Å²) in [5, 5.41) is 6.37. The zero-order chi connectivity index (χ0) is 23.8. The van der Waals surface area contributed by atoms with Crippen LogP contribution in [0.3, 0.4) is 0 Å². The number of hydrogen-bond donors (Lipinski definition) is 0. The van der Waals surface area contributed by atoms with Crippen LogP contribution in [0.25, 0.3) is 54.6 Å². The van der Waals surface area contributed by atoms with Crippen molar-refractivity contribution >= 4 is 54.6 Å². The van der Waals surface area contributed by atoms with Gasteiger partial charge in [0.05, 0.1) is 11.3 Å². The van der Waals surface area contributed by atoms with Gasteiger partial charge in [-0.05, 0) is 29.8 Å². The number of hydrogen-bond acceptors (Lipinski definition) is 3. The molecule has 0 aliphatic carbocycles. The molecule has 0 radical (unpaired) electrons. The predicted octanol–water partition coefficient (Wildman–Crippen LogP) is 7.29. The molecular formula is C31H18N4OPt. The van der Waals surface area contributed by atoms with Crippen molar-refractivity contribution in [3.63, 3.8) is 0 Å². The summed E-state index contributed by atoms with van der Waals surface area (Å²) in [6.45, 7) is 2.01. The van der Waals surface area contributed by atoms with Gasteiger partial charge in [0, 0.05) is 46.8 Å². The SMILES string of the molecule is Cc1cn2c3ccccc3c3ccc(Oc4[c-]c5c(cc4)c4ccccc4n4ccnc54)[c-]c3c2n1.[Pt+2]. The minimum absolute atomic E-state index is 0. The molecule has 8 rings (SSSR count). The molecule has 0 aliphatic rings. The van der Waals surface area contributed by atoms with Crippen molar-refractivity contribution in [1.82, 2.24) is 18.8 Å². The first-order chi connectivity index (χ1) is 17.7. The van der Waals surface area contributed by atoms with Crippen molar-refractivity contribution in [2.75, 3.05) is 0 Å². The fourth-order valence-corrected chi connectivity index (χ4v) is 5.35. The zero-order valence-electron chi connectivity index (χ0n) is 19.7. The van der Waals surface area contributed by atoms with Crippen molar-refractivity contribution in [2.45, 2.75) is 6.92 Å². The standard InChI is InChI=1S/C31H18N4O.Pt/c1-19-18-35-29-9-5-3-7-25(29)23-13-11-21(17-27(23)31(35)33-19)36-20-10-12-22-24-6-2-4-8-28(24)34-15-14-32-30(34)26(22)16-20;/h2-15,18H,1H3;/q-2;+2. The van der Waals surface area contributed by atoms with Gasteiger partial charge in [-0.2, -0.15) is 0 Å². The van der Waals surface area contributed by atoms with Crippen molar-refractivity contribution in [3.8, 4) is 11.5 Å².